The predicted molar refractivity (Wildman–Crippen MR) is 127 cm³/mol. The second kappa shape index (κ2) is 11.0. The van der Waals surface area contributed by atoms with Gasteiger partial charge in [0, 0.05) is 25.8 Å². The first-order valence-electron chi connectivity index (χ1n) is 10.6. The van der Waals surface area contributed by atoms with Crippen molar-refractivity contribution < 1.29 is 24.2 Å². The highest BCUT2D eigenvalue weighted by Crippen LogP contribution is 2.44. The predicted octanol–water partition coefficient (Wildman–Crippen LogP) is 4.56. The molecule has 2 aromatic rings. The molecule has 1 aliphatic rings. The van der Waals surface area contributed by atoms with Gasteiger partial charge in [-0.1, -0.05) is 47.8 Å². The average molecular weight is 493 g/mol. The molecular weight excluding hydrogens is 467 g/mol. The number of benzene rings is 2. The molecule has 0 heterocycles. The summed E-state index contributed by atoms with van der Waals surface area (Å²) in [4.78, 5) is 37.1. The lowest BCUT2D eigenvalue weighted by molar-refractivity contribution is -0.146. The van der Waals surface area contributed by atoms with E-state index in [9.17, 15) is 19.5 Å². The molecule has 9 heteroatoms. The fourth-order valence-corrected chi connectivity index (χ4v) is 4.44. The van der Waals surface area contributed by atoms with Gasteiger partial charge in [0.15, 0.2) is 0 Å². The summed E-state index contributed by atoms with van der Waals surface area (Å²) < 4.78 is 5.11. The molecule has 3 rings (SSSR count). The topological polar surface area (TPSA) is 105 Å². The van der Waals surface area contributed by atoms with Gasteiger partial charge in [0.1, 0.15) is 6.04 Å². The molecule has 1 atom stereocenters. The van der Waals surface area contributed by atoms with E-state index in [1.807, 2.05) is 0 Å². The highest BCUT2D eigenvalue weighted by Gasteiger charge is 2.44. The van der Waals surface area contributed by atoms with E-state index >= 15 is 0 Å². The summed E-state index contributed by atoms with van der Waals surface area (Å²) in [5.74, 6) is -1.79. The monoisotopic (exact) mass is 492 g/mol. The van der Waals surface area contributed by atoms with Gasteiger partial charge in [-0.2, -0.15) is 0 Å². The largest absolute Gasteiger partial charge is 0.480 e. The van der Waals surface area contributed by atoms with Crippen molar-refractivity contribution in [3.63, 3.8) is 0 Å². The number of carboxylic acid groups (broad SMARTS) is 1. The first-order valence-corrected chi connectivity index (χ1v) is 11.4. The summed E-state index contributed by atoms with van der Waals surface area (Å²) in [6, 6.07) is 10.5. The summed E-state index contributed by atoms with van der Waals surface area (Å²) in [6.45, 7) is 0.456. The second-order valence-electron chi connectivity index (χ2n) is 8.19. The molecule has 3 N–H and O–H groups in total. The smallest absolute Gasteiger partial charge is 0.326 e. The van der Waals surface area contributed by atoms with Gasteiger partial charge in [-0.15, -0.1) is 0 Å². The Labute approximate surface area is 202 Å². The fraction of sp³-hybridized carbons (Fsp3) is 0.375. The van der Waals surface area contributed by atoms with Crippen LogP contribution in [-0.4, -0.2) is 42.6 Å². The first-order chi connectivity index (χ1) is 15.8. The molecule has 0 aliphatic heterocycles. The van der Waals surface area contributed by atoms with E-state index in [0.29, 0.717) is 24.3 Å². The molecular formula is C24H26Cl2N2O5. The molecule has 7 nitrogen and oxygen atoms in total. The molecule has 0 saturated heterocycles. The van der Waals surface area contributed by atoms with Crippen molar-refractivity contribution in [3.8, 4) is 0 Å². The Morgan fingerprint density at radius 1 is 1.09 bits per heavy atom. The van der Waals surface area contributed by atoms with Crippen molar-refractivity contribution in [2.75, 3.05) is 19.0 Å². The number of carboxylic acids is 1. The van der Waals surface area contributed by atoms with Crippen molar-refractivity contribution in [2.45, 2.75) is 38.1 Å². The minimum absolute atomic E-state index is 0.117. The maximum absolute atomic E-state index is 12.8. The van der Waals surface area contributed by atoms with Crippen LogP contribution >= 0.6 is 23.2 Å². The molecule has 0 radical (unpaired) electrons. The van der Waals surface area contributed by atoms with Crippen LogP contribution in [0.5, 0.6) is 0 Å². The Hall–Kier alpha value is -2.61. The molecule has 0 aromatic heterocycles. The van der Waals surface area contributed by atoms with Crippen LogP contribution in [0.3, 0.4) is 0 Å². The van der Waals surface area contributed by atoms with Crippen LogP contribution in [0.1, 0.15) is 41.6 Å². The van der Waals surface area contributed by atoms with Crippen molar-refractivity contribution in [2.24, 2.45) is 5.41 Å². The molecule has 33 heavy (non-hydrogen) atoms. The Morgan fingerprint density at radius 3 is 2.24 bits per heavy atom. The highest BCUT2D eigenvalue weighted by molar-refractivity contribution is 6.40. The van der Waals surface area contributed by atoms with Crippen LogP contribution in [0, 0.1) is 5.41 Å². The third-order valence-corrected chi connectivity index (χ3v) is 6.65. The molecule has 2 aromatic carbocycles. The number of hydrogen-bond donors (Lipinski definition) is 3. The van der Waals surface area contributed by atoms with Crippen LogP contribution in [0.15, 0.2) is 42.5 Å². The number of aliphatic carboxylic acids is 1. The maximum atomic E-state index is 12.8. The van der Waals surface area contributed by atoms with E-state index < -0.39 is 23.3 Å². The number of amides is 2. The quantitative estimate of drug-likeness (QED) is 0.450. The molecule has 1 fully saturated rings. The summed E-state index contributed by atoms with van der Waals surface area (Å²) in [5, 5.41) is 15.6. The number of anilines is 1. The van der Waals surface area contributed by atoms with Gasteiger partial charge < -0.3 is 20.5 Å². The van der Waals surface area contributed by atoms with Gasteiger partial charge in [0.2, 0.25) is 5.91 Å². The number of hydrogen-bond acceptors (Lipinski definition) is 4. The van der Waals surface area contributed by atoms with E-state index in [2.05, 4.69) is 10.6 Å². The van der Waals surface area contributed by atoms with Crippen molar-refractivity contribution in [1.82, 2.24) is 5.32 Å². The maximum Gasteiger partial charge on any atom is 0.326 e. The number of carbonyl (C=O) groups excluding carboxylic acids is 2. The van der Waals surface area contributed by atoms with Crippen LogP contribution in [-0.2, 0) is 20.7 Å². The molecule has 2 amide bonds. The molecule has 176 valence electrons. The highest BCUT2D eigenvalue weighted by atomic mass is 35.5. The lowest BCUT2D eigenvalue weighted by Crippen LogP contribution is -2.52. The van der Waals surface area contributed by atoms with Gasteiger partial charge in [0.05, 0.1) is 21.0 Å². The Kier molecular flexibility index (Phi) is 8.35. The van der Waals surface area contributed by atoms with Crippen LogP contribution < -0.4 is 10.6 Å². The zero-order valence-electron chi connectivity index (χ0n) is 18.2. The van der Waals surface area contributed by atoms with E-state index in [4.69, 9.17) is 27.9 Å². The Balaban J connectivity index is 1.64. The van der Waals surface area contributed by atoms with Crippen LogP contribution in [0.4, 0.5) is 5.69 Å². The normalized spacial score (nSPS) is 15.2. The number of methoxy groups -OCH3 is 1. The van der Waals surface area contributed by atoms with E-state index in [1.54, 1.807) is 49.6 Å². The van der Waals surface area contributed by atoms with Gasteiger partial charge in [0.25, 0.3) is 5.91 Å². The minimum atomic E-state index is -1.10. The third kappa shape index (κ3) is 6.05. The van der Waals surface area contributed by atoms with E-state index in [0.717, 1.165) is 19.3 Å². The van der Waals surface area contributed by atoms with Crippen molar-refractivity contribution in [3.05, 3.63) is 63.6 Å². The lowest BCUT2D eigenvalue weighted by atomic mass is 9.66. The summed E-state index contributed by atoms with van der Waals surface area (Å²) in [6.07, 6.45) is 3.11. The Bertz CT molecular complexity index is 1000. The number of nitrogens with one attached hydrogen (secondary N) is 2. The first kappa shape index (κ1) is 25.0. The van der Waals surface area contributed by atoms with Crippen LogP contribution in [0.2, 0.25) is 10.0 Å². The molecule has 1 saturated carbocycles. The van der Waals surface area contributed by atoms with Gasteiger partial charge in [-0.05, 0) is 49.1 Å². The number of carbonyl (C=O) groups is 3. The fourth-order valence-electron chi connectivity index (χ4n) is 3.87. The Morgan fingerprint density at radius 2 is 1.73 bits per heavy atom. The molecule has 1 aliphatic carbocycles. The second-order valence-corrected chi connectivity index (χ2v) is 9.01. The summed E-state index contributed by atoms with van der Waals surface area (Å²) in [7, 11) is 1.58. The third-order valence-electron chi connectivity index (χ3n) is 6.02. The lowest BCUT2D eigenvalue weighted by Gasteiger charge is -2.40. The average Bonchev–Trinajstić information content (AvgIpc) is 2.73. The number of rotatable bonds is 10. The molecule has 0 unspecified atom stereocenters. The molecule has 0 spiro atoms. The van der Waals surface area contributed by atoms with E-state index in [1.165, 1.54) is 0 Å². The standard InChI is InChI=1S/C24H26Cl2N2O5/c1-33-13-12-24(10-3-11-24)23(32)28-19(22(30)31)14-15-6-8-16(9-7-15)27-21(29)20-17(25)4-2-5-18(20)26/h2,4-9,19H,3,10-14H2,1H3,(H,27,29)(H,28,32)(H,30,31)/t19-/m0/s1. The van der Waals surface area contributed by atoms with Crippen LogP contribution in [0.25, 0.3) is 0 Å². The van der Waals surface area contributed by atoms with Gasteiger partial charge in [-0.25, -0.2) is 4.79 Å². The SMILES string of the molecule is COCCC1(C(=O)N[C@@H](Cc2ccc(NC(=O)c3c(Cl)cccc3Cl)cc2)C(=O)O)CCC1. The number of ether oxygens (including phenoxy) is 1. The van der Waals surface area contributed by atoms with Gasteiger partial charge in [-0.3, -0.25) is 9.59 Å². The van der Waals surface area contributed by atoms with Crippen molar-refractivity contribution in [1.29, 1.82) is 0 Å². The molecule has 0 bridgehead atoms. The van der Waals surface area contributed by atoms with Crippen molar-refractivity contribution >= 4 is 46.7 Å². The number of halogens is 2. The zero-order valence-corrected chi connectivity index (χ0v) is 19.7. The summed E-state index contributed by atoms with van der Waals surface area (Å²) in [5.41, 5.74) is 0.842. The summed E-state index contributed by atoms with van der Waals surface area (Å²) >= 11 is 12.2. The van der Waals surface area contributed by atoms with E-state index in [-0.39, 0.29) is 27.9 Å². The zero-order chi connectivity index (χ0) is 24.0. The minimum Gasteiger partial charge on any atom is -0.480 e. The van der Waals surface area contributed by atoms with Gasteiger partial charge >= 0.3 is 5.97 Å².